The monoisotopic (exact) mass is 423 g/mol. The summed E-state index contributed by atoms with van der Waals surface area (Å²) in [7, 11) is 0. The standard InChI is InChI=1S/C24H42FN3O2/c25-18-7-5-16(6-8-18)13-24(30)28-11-9-17(10-12-28)23(29)14-21-19-3-1-2-4-20(19)22(15-26)27-21/h16-23,27,29H,1-15,26H2. The molecule has 5 atom stereocenters. The van der Waals surface area contributed by atoms with Gasteiger partial charge in [-0.3, -0.25) is 4.79 Å². The number of fused-ring (bicyclic) bond motifs is 1. The van der Waals surface area contributed by atoms with E-state index >= 15 is 0 Å². The highest BCUT2D eigenvalue weighted by molar-refractivity contribution is 5.76. The number of hydrogen-bond donors (Lipinski definition) is 3. The number of aliphatic hydroxyl groups is 1. The van der Waals surface area contributed by atoms with Gasteiger partial charge in [0.15, 0.2) is 0 Å². The number of piperidine rings is 1. The van der Waals surface area contributed by atoms with Crippen LogP contribution in [0.3, 0.4) is 0 Å². The van der Waals surface area contributed by atoms with Crippen molar-refractivity contribution < 1.29 is 14.3 Å². The maximum absolute atomic E-state index is 13.3. The summed E-state index contributed by atoms with van der Waals surface area (Å²) in [4.78, 5) is 14.7. The Bertz CT molecular complexity index is 561. The van der Waals surface area contributed by atoms with Gasteiger partial charge in [0.05, 0.1) is 6.10 Å². The molecule has 2 aliphatic carbocycles. The molecule has 4 fully saturated rings. The van der Waals surface area contributed by atoms with Gasteiger partial charge in [-0.25, -0.2) is 4.39 Å². The van der Waals surface area contributed by atoms with Crippen molar-refractivity contribution in [1.82, 2.24) is 10.2 Å². The Morgan fingerprint density at radius 3 is 2.27 bits per heavy atom. The summed E-state index contributed by atoms with van der Waals surface area (Å²) in [5.41, 5.74) is 6.01. The fourth-order valence-corrected chi connectivity index (χ4v) is 6.88. The van der Waals surface area contributed by atoms with Gasteiger partial charge in [-0.05, 0) is 81.5 Å². The average molecular weight is 424 g/mol. The van der Waals surface area contributed by atoms with Crippen molar-refractivity contribution >= 4 is 5.91 Å². The van der Waals surface area contributed by atoms with Crippen molar-refractivity contribution in [1.29, 1.82) is 0 Å². The number of amides is 1. The number of carbonyl (C=O) groups excluding carboxylic acids is 1. The normalized spacial score (nSPS) is 39.0. The number of likely N-dealkylation sites (tertiary alicyclic amines) is 1. The van der Waals surface area contributed by atoms with Crippen LogP contribution in [0.15, 0.2) is 0 Å². The van der Waals surface area contributed by atoms with Crippen LogP contribution in [0, 0.1) is 23.7 Å². The first kappa shape index (κ1) is 22.5. The predicted molar refractivity (Wildman–Crippen MR) is 117 cm³/mol. The summed E-state index contributed by atoms with van der Waals surface area (Å²) in [6.07, 6.45) is 10.3. The quantitative estimate of drug-likeness (QED) is 0.614. The zero-order valence-electron chi connectivity index (χ0n) is 18.5. The Labute approximate surface area is 181 Å². The van der Waals surface area contributed by atoms with Gasteiger partial charge in [-0.1, -0.05) is 12.8 Å². The number of carbonyl (C=O) groups is 1. The minimum atomic E-state index is -0.660. The van der Waals surface area contributed by atoms with Gasteiger partial charge in [0.25, 0.3) is 0 Å². The van der Waals surface area contributed by atoms with Crippen LogP contribution >= 0.6 is 0 Å². The first-order valence-corrected chi connectivity index (χ1v) is 12.6. The molecule has 5 nitrogen and oxygen atoms in total. The lowest BCUT2D eigenvalue weighted by Crippen LogP contribution is -2.44. The number of rotatable bonds is 6. The molecular formula is C24H42FN3O2. The smallest absolute Gasteiger partial charge is 0.222 e. The van der Waals surface area contributed by atoms with Crippen LogP contribution in [0.5, 0.6) is 0 Å². The molecule has 0 radical (unpaired) electrons. The van der Waals surface area contributed by atoms with E-state index in [2.05, 4.69) is 5.32 Å². The molecule has 4 rings (SSSR count). The maximum Gasteiger partial charge on any atom is 0.222 e. The molecule has 2 saturated heterocycles. The molecule has 172 valence electrons. The van der Waals surface area contributed by atoms with Gasteiger partial charge in [0.1, 0.15) is 6.17 Å². The number of nitrogens with one attached hydrogen (secondary N) is 1. The number of nitrogens with zero attached hydrogens (tertiary/aromatic N) is 1. The van der Waals surface area contributed by atoms with E-state index in [0.717, 1.165) is 45.2 Å². The molecule has 5 unspecified atom stereocenters. The molecule has 1 amide bonds. The Hall–Kier alpha value is -0.720. The Morgan fingerprint density at radius 2 is 1.63 bits per heavy atom. The summed E-state index contributed by atoms with van der Waals surface area (Å²) in [5.74, 6) is 2.24. The summed E-state index contributed by atoms with van der Waals surface area (Å²) in [6, 6.07) is 0.809. The molecule has 0 aromatic rings. The second-order valence-corrected chi connectivity index (χ2v) is 10.6. The van der Waals surface area contributed by atoms with Crippen LogP contribution in [0.4, 0.5) is 4.39 Å². The first-order chi connectivity index (χ1) is 14.5. The van der Waals surface area contributed by atoms with E-state index in [1.807, 2.05) is 4.90 Å². The molecule has 0 bridgehead atoms. The van der Waals surface area contributed by atoms with Crippen LogP contribution in [0.1, 0.15) is 77.0 Å². The number of nitrogens with two attached hydrogens (primary N) is 1. The highest BCUT2D eigenvalue weighted by atomic mass is 19.1. The minimum absolute atomic E-state index is 0.235. The van der Waals surface area contributed by atoms with Crippen LogP contribution in [0.25, 0.3) is 0 Å². The highest BCUT2D eigenvalue weighted by Gasteiger charge is 2.44. The third-order valence-corrected chi connectivity index (χ3v) is 8.76. The SMILES string of the molecule is NCC1NC(CC(O)C2CCN(C(=O)CC3CCC(F)CC3)CC2)C2CCCCC12. The molecule has 0 aromatic heterocycles. The van der Waals surface area contributed by atoms with Crippen molar-refractivity contribution in [2.24, 2.45) is 29.4 Å². The van der Waals surface area contributed by atoms with Gasteiger partial charge in [-0.15, -0.1) is 0 Å². The lowest BCUT2D eigenvalue weighted by atomic mass is 9.74. The molecular weight excluding hydrogens is 381 g/mol. The topological polar surface area (TPSA) is 78.6 Å². The molecule has 6 heteroatoms. The largest absolute Gasteiger partial charge is 0.393 e. The Kier molecular flexibility index (Phi) is 7.69. The molecule has 2 aliphatic heterocycles. The first-order valence-electron chi connectivity index (χ1n) is 12.6. The number of halogens is 1. The maximum atomic E-state index is 13.3. The van der Waals surface area contributed by atoms with E-state index in [1.165, 1.54) is 25.7 Å². The third kappa shape index (κ3) is 5.18. The fourth-order valence-electron chi connectivity index (χ4n) is 6.88. The molecule has 4 N–H and O–H groups in total. The van der Waals surface area contributed by atoms with Gasteiger partial charge < -0.3 is 21.1 Å². The Morgan fingerprint density at radius 1 is 1.00 bits per heavy atom. The van der Waals surface area contributed by atoms with Gasteiger partial charge >= 0.3 is 0 Å². The van der Waals surface area contributed by atoms with Crippen LogP contribution in [-0.4, -0.2) is 59.9 Å². The molecule has 4 aliphatic rings. The van der Waals surface area contributed by atoms with Crippen molar-refractivity contribution in [3.05, 3.63) is 0 Å². The van der Waals surface area contributed by atoms with Crippen molar-refractivity contribution in [3.8, 4) is 0 Å². The van der Waals surface area contributed by atoms with E-state index in [1.54, 1.807) is 0 Å². The molecule has 0 aromatic carbocycles. The summed E-state index contributed by atoms with van der Waals surface area (Å²) in [5, 5.41) is 14.7. The summed E-state index contributed by atoms with van der Waals surface area (Å²) in [6.45, 7) is 2.21. The number of hydrogen-bond acceptors (Lipinski definition) is 4. The van der Waals surface area contributed by atoms with E-state index in [9.17, 15) is 14.3 Å². The summed E-state index contributed by atoms with van der Waals surface area (Å²) >= 11 is 0. The lowest BCUT2D eigenvalue weighted by molar-refractivity contribution is -0.134. The minimum Gasteiger partial charge on any atom is -0.393 e. The predicted octanol–water partition coefficient (Wildman–Crippen LogP) is 3.00. The van der Waals surface area contributed by atoms with Crippen molar-refractivity contribution in [2.75, 3.05) is 19.6 Å². The zero-order valence-corrected chi connectivity index (χ0v) is 18.5. The third-order valence-electron chi connectivity index (χ3n) is 8.76. The zero-order chi connectivity index (χ0) is 21.1. The van der Waals surface area contributed by atoms with Crippen molar-refractivity contribution in [3.63, 3.8) is 0 Å². The molecule has 2 heterocycles. The van der Waals surface area contributed by atoms with Crippen molar-refractivity contribution in [2.45, 2.75) is 101 Å². The molecule has 0 spiro atoms. The second kappa shape index (κ2) is 10.3. The van der Waals surface area contributed by atoms with Gasteiger partial charge in [-0.2, -0.15) is 0 Å². The van der Waals surface area contributed by atoms with E-state index in [4.69, 9.17) is 5.73 Å². The summed E-state index contributed by atoms with van der Waals surface area (Å²) < 4.78 is 13.3. The van der Waals surface area contributed by atoms with E-state index in [0.29, 0.717) is 55.6 Å². The molecule has 30 heavy (non-hydrogen) atoms. The fraction of sp³-hybridized carbons (Fsp3) is 0.958. The number of aliphatic hydroxyl groups excluding tert-OH is 1. The van der Waals surface area contributed by atoms with Crippen LogP contribution in [-0.2, 0) is 4.79 Å². The average Bonchev–Trinajstić information content (AvgIpc) is 3.13. The van der Waals surface area contributed by atoms with Crippen LogP contribution < -0.4 is 11.1 Å². The number of alkyl halides is 1. The second-order valence-electron chi connectivity index (χ2n) is 10.6. The molecule has 2 saturated carbocycles. The highest BCUT2D eigenvalue weighted by Crippen LogP contribution is 2.41. The van der Waals surface area contributed by atoms with Gasteiger partial charge in [0, 0.05) is 38.1 Å². The van der Waals surface area contributed by atoms with E-state index in [-0.39, 0.29) is 17.9 Å². The van der Waals surface area contributed by atoms with Gasteiger partial charge in [0.2, 0.25) is 5.91 Å². The lowest BCUT2D eigenvalue weighted by Gasteiger charge is -2.37. The van der Waals surface area contributed by atoms with E-state index < -0.39 is 6.17 Å². The van der Waals surface area contributed by atoms with Crippen LogP contribution in [0.2, 0.25) is 0 Å². The Balaban J connectivity index is 1.21.